The molecule has 0 aromatic heterocycles. The zero-order chi connectivity index (χ0) is 14.8. The molecule has 1 atom stereocenters. The van der Waals surface area contributed by atoms with Gasteiger partial charge in [-0.2, -0.15) is 0 Å². The van der Waals surface area contributed by atoms with Gasteiger partial charge in [-0.15, -0.1) is 0 Å². The van der Waals surface area contributed by atoms with Crippen LogP contribution in [0.1, 0.15) is 46.0 Å². The maximum Gasteiger partial charge on any atom is 0.414 e. The standard InChI is InChI=1S/C10H20N2O.C2H2O4/c1-8(11-12-9(2)13)10-6-4-3-5-7-10;3-1(4)2(5)6/h8,10-11H,3-7H2,1-2H3,(H,12,13);(H,3,4)(H,5,6). The molecule has 1 rings (SSSR count). The maximum absolute atomic E-state index is 10.7. The van der Waals surface area contributed by atoms with E-state index in [2.05, 4.69) is 17.8 Å². The number of aliphatic carboxylic acids is 2. The zero-order valence-electron chi connectivity index (χ0n) is 11.3. The monoisotopic (exact) mass is 274 g/mol. The lowest BCUT2D eigenvalue weighted by Gasteiger charge is -2.28. The average molecular weight is 274 g/mol. The Hall–Kier alpha value is -1.63. The van der Waals surface area contributed by atoms with Crippen molar-refractivity contribution < 1.29 is 24.6 Å². The third kappa shape index (κ3) is 9.01. The van der Waals surface area contributed by atoms with Crippen LogP contribution >= 0.6 is 0 Å². The Labute approximate surface area is 112 Å². The first kappa shape index (κ1) is 17.4. The van der Waals surface area contributed by atoms with Gasteiger partial charge in [0.05, 0.1) is 0 Å². The van der Waals surface area contributed by atoms with E-state index < -0.39 is 11.9 Å². The predicted molar refractivity (Wildman–Crippen MR) is 68.3 cm³/mol. The zero-order valence-corrected chi connectivity index (χ0v) is 11.3. The number of hydrazine groups is 1. The molecule has 1 saturated carbocycles. The Morgan fingerprint density at radius 2 is 1.53 bits per heavy atom. The van der Waals surface area contributed by atoms with Gasteiger partial charge in [0.2, 0.25) is 5.91 Å². The molecule has 7 nitrogen and oxygen atoms in total. The van der Waals surface area contributed by atoms with Crippen molar-refractivity contribution in [2.45, 2.75) is 52.0 Å². The summed E-state index contributed by atoms with van der Waals surface area (Å²) in [5, 5.41) is 14.8. The Morgan fingerprint density at radius 1 is 1.05 bits per heavy atom. The van der Waals surface area contributed by atoms with Crippen molar-refractivity contribution >= 4 is 17.8 Å². The lowest BCUT2D eigenvalue weighted by molar-refractivity contribution is -0.159. The number of carboxylic acids is 2. The van der Waals surface area contributed by atoms with Crippen molar-refractivity contribution in [2.24, 2.45) is 5.92 Å². The lowest BCUT2D eigenvalue weighted by Crippen LogP contribution is -2.45. The molecular formula is C12H22N2O5. The highest BCUT2D eigenvalue weighted by Gasteiger charge is 2.19. The molecule has 0 spiro atoms. The van der Waals surface area contributed by atoms with Gasteiger partial charge in [-0.05, 0) is 25.7 Å². The summed E-state index contributed by atoms with van der Waals surface area (Å²) in [5.41, 5.74) is 5.71. The first-order valence-electron chi connectivity index (χ1n) is 6.33. The van der Waals surface area contributed by atoms with Gasteiger partial charge in [-0.25, -0.2) is 15.0 Å². The number of carbonyl (C=O) groups excluding carboxylic acids is 1. The molecule has 19 heavy (non-hydrogen) atoms. The normalized spacial score (nSPS) is 16.7. The minimum atomic E-state index is -1.82. The van der Waals surface area contributed by atoms with Crippen molar-refractivity contribution in [1.29, 1.82) is 0 Å². The fourth-order valence-corrected chi connectivity index (χ4v) is 1.97. The van der Waals surface area contributed by atoms with E-state index >= 15 is 0 Å². The van der Waals surface area contributed by atoms with E-state index in [9.17, 15) is 4.79 Å². The fourth-order valence-electron chi connectivity index (χ4n) is 1.97. The van der Waals surface area contributed by atoms with Gasteiger partial charge in [-0.1, -0.05) is 19.3 Å². The number of amides is 1. The van der Waals surface area contributed by atoms with E-state index in [1.165, 1.54) is 39.0 Å². The van der Waals surface area contributed by atoms with Crippen LogP contribution in [0.3, 0.4) is 0 Å². The van der Waals surface area contributed by atoms with Crippen LogP contribution in [0.2, 0.25) is 0 Å². The van der Waals surface area contributed by atoms with E-state index in [1.54, 1.807) is 0 Å². The van der Waals surface area contributed by atoms with Crippen LogP contribution in [0.25, 0.3) is 0 Å². The quantitative estimate of drug-likeness (QED) is 0.446. The minimum Gasteiger partial charge on any atom is -0.473 e. The van der Waals surface area contributed by atoms with Gasteiger partial charge in [0.1, 0.15) is 0 Å². The van der Waals surface area contributed by atoms with E-state index in [0.29, 0.717) is 6.04 Å². The number of rotatable bonds is 3. The first-order chi connectivity index (χ1) is 8.84. The molecule has 0 saturated heterocycles. The van der Waals surface area contributed by atoms with Gasteiger partial charge in [0.15, 0.2) is 0 Å². The molecule has 0 heterocycles. The maximum atomic E-state index is 10.7. The molecule has 0 aromatic carbocycles. The summed E-state index contributed by atoms with van der Waals surface area (Å²) >= 11 is 0. The van der Waals surface area contributed by atoms with Crippen LogP contribution in [-0.2, 0) is 14.4 Å². The van der Waals surface area contributed by atoms with Crippen molar-refractivity contribution in [2.75, 3.05) is 0 Å². The van der Waals surface area contributed by atoms with Gasteiger partial charge in [0, 0.05) is 13.0 Å². The SMILES string of the molecule is CC(=O)NNC(C)C1CCCCC1.O=C(O)C(=O)O. The highest BCUT2D eigenvalue weighted by molar-refractivity contribution is 6.27. The second-order valence-corrected chi connectivity index (χ2v) is 4.62. The molecule has 110 valence electrons. The van der Waals surface area contributed by atoms with E-state index in [4.69, 9.17) is 19.8 Å². The topological polar surface area (TPSA) is 116 Å². The summed E-state index contributed by atoms with van der Waals surface area (Å²) in [4.78, 5) is 28.9. The second-order valence-electron chi connectivity index (χ2n) is 4.62. The Bertz CT molecular complexity index is 301. The van der Waals surface area contributed by atoms with Gasteiger partial charge >= 0.3 is 11.9 Å². The summed E-state index contributed by atoms with van der Waals surface area (Å²) in [5.74, 6) is -2.92. The molecule has 0 aliphatic heterocycles. The third-order valence-electron chi connectivity index (χ3n) is 3.02. The van der Waals surface area contributed by atoms with E-state index in [1.807, 2.05) is 0 Å². The summed E-state index contributed by atoms with van der Waals surface area (Å²) < 4.78 is 0. The Morgan fingerprint density at radius 3 is 1.89 bits per heavy atom. The van der Waals surface area contributed by atoms with Crippen molar-refractivity contribution in [1.82, 2.24) is 10.9 Å². The summed E-state index contributed by atoms with van der Waals surface area (Å²) in [7, 11) is 0. The van der Waals surface area contributed by atoms with Crippen LogP contribution in [0, 0.1) is 5.92 Å². The minimum absolute atomic E-state index is 0.0114. The molecule has 1 amide bonds. The third-order valence-corrected chi connectivity index (χ3v) is 3.02. The summed E-state index contributed by atoms with van der Waals surface area (Å²) in [6.45, 7) is 3.67. The number of hydrogen-bond donors (Lipinski definition) is 4. The number of hydrogen-bond acceptors (Lipinski definition) is 4. The summed E-state index contributed by atoms with van der Waals surface area (Å²) in [6, 6.07) is 0.407. The van der Waals surface area contributed by atoms with E-state index in [-0.39, 0.29) is 5.91 Å². The predicted octanol–water partition coefficient (Wildman–Crippen LogP) is 0.751. The van der Waals surface area contributed by atoms with Gasteiger partial charge in [0.25, 0.3) is 0 Å². The van der Waals surface area contributed by atoms with Crippen molar-refractivity contribution in [3.05, 3.63) is 0 Å². The lowest BCUT2D eigenvalue weighted by atomic mass is 9.85. The second kappa shape index (κ2) is 9.32. The number of carbonyl (C=O) groups is 3. The molecule has 1 unspecified atom stereocenters. The van der Waals surface area contributed by atoms with Crippen LogP contribution in [0.5, 0.6) is 0 Å². The molecule has 1 aliphatic rings. The first-order valence-corrected chi connectivity index (χ1v) is 6.33. The highest BCUT2D eigenvalue weighted by Crippen LogP contribution is 2.25. The molecule has 1 aliphatic carbocycles. The highest BCUT2D eigenvalue weighted by atomic mass is 16.4. The number of nitrogens with one attached hydrogen (secondary N) is 2. The molecule has 0 aromatic rings. The molecule has 7 heteroatoms. The number of carboxylic acid groups (broad SMARTS) is 2. The molecular weight excluding hydrogens is 252 g/mol. The van der Waals surface area contributed by atoms with Gasteiger partial charge in [-0.3, -0.25) is 10.2 Å². The van der Waals surface area contributed by atoms with Crippen LogP contribution < -0.4 is 10.9 Å². The summed E-state index contributed by atoms with van der Waals surface area (Å²) in [6.07, 6.45) is 6.67. The smallest absolute Gasteiger partial charge is 0.414 e. The Kier molecular flexibility index (Phi) is 8.52. The van der Waals surface area contributed by atoms with Crippen LogP contribution in [-0.4, -0.2) is 34.1 Å². The Balaban J connectivity index is 0.000000459. The van der Waals surface area contributed by atoms with Crippen molar-refractivity contribution in [3.63, 3.8) is 0 Å². The van der Waals surface area contributed by atoms with Gasteiger partial charge < -0.3 is 10.2 Å². The van der Waals surface area contributed by atoms with Crippen molar-refractivity contribution in [3.8, 4) is 0 Å². The molecule has 0 radical (unpaired) electrons. The van der Waals surface area contributed by atoms with Crippen LogP contribution in [0.4, 0.5) is 0 Å². The fraction of sp³-hybridized carbons (Fsp3) is 0.750. The van der Waals surface area contributed by atoms with E-state index in [0.717, 1.165) is 5.92 Å². The largest absolute Gasteiger partial charge is 0.473 e. The molecule has 0 bridgehead atoms. The molecule has 4 N–H and O–H groups in total. The average Bonchev–Trinajstić information content (AvgIpc) is 2.37. The van der Waals surface area contributed by atoms with Crippen LogP contribution in [0.15, 0.2) is 0 Å². The molecule has 1 fully saturated rings.